The zero-order valence-corrected chi connectivity index (χ0v) is 13.2. The Morgan fingerprint density at radius 3 is 2.65 bits per heavy atom. The fraction of sp³-hybridized carbons (Fsp3) is 0.615. The number of carbonyl (C=O) groups excluding carboxylic acids is 2. The van der Waals surface area contributed by atoms with E-state index in [1.165, 1.54) is 11.8 Å². The molecule has 6 nitrogen and oxygen atoms in total. The second kappa shape index (κ2) is 7.33. The minimum Gasteiger partial charge on any atom is -0.351 e. The maximum atomic E-state index is 11.7. The van der Waals surface area contributed by atoms with Gasteiger partial charge < -0.3 is 10.3 Å². The van der Waals surface area contributed by atoms with E-state index in [9.17, 15) is 9.59 Å². The van der Waals surface area contributed by atoms with Crippen LogP contribution in [0.2, 0.25) is 0 Å². The summed E-state index contributed by atoms with van der Waals surface area (Å²) in [4.78, 5) is 26.9. The van der Waals surface area contributed by atoms with Crippen molar-refractivity contribution in [1.29, 1.82) is 0 Å². The predicted octanol–water partition coefficient (Wildman–Crippen LogP) is 1.98. The van der Waals surface area contributed by atoms with Gasteiger partial charge in [0.25, 0.3) is 0 Å². The van der Waals surface area contributed by atoms with Gasteiger partial charge in [-0.1, -0.05) is 25.1 Å². The quantitative estimate of drug-likeness (QED) is 0.786. The number of imide groups is 1. The van der Waals surface area contributed by atoms with Crippen molar-refractivity contribution in [1.82, 2.24) is 14.9 Å². The maximum absolute atomic E-state index is 11.7. The minimum atomic E-state index is -0.830. The molecule has 112 valence electrons. The Hall–Kier alpha value is -1.50. The summed E-state index contributed by atoms with van der Waals surface area (Å²) in [5.41, 5.74) is 7.03. The lowest BCUT2D eigenvalue weighted by molar-refractivity contribution is -0.119. The normalized spacial score (nSPS) is 12.2. The number of aromatic nitrogens is 2. The molecule has 1 unspecified atom stereocenters. The van der Waals surface area contributed by atoms with Gasteiger partial charge in [0.2, 0.25) is 5.91 Å². The largest absolute Gasteiger partial charge is 0.351 e. The third-order valence-electron chi connectivity index (χ3n) is 3.06. The van der Waals surface area contributed by atoms with Gasteiger partial charge in [0, 0.05) is 12.2 Å². The highest BCUT2D eigenvalue weighted by Gasteiger charge is 2.20. The number of thioether (sulfide) groups is 1. The zero-order valence-electron chi connectivity index (χ0n) is 12.4. The molecule has 7 heteroatoms. The Balaban J connectivity index is 2.83. The fourth-order valence-corrected chi connectivity index (χ4v) is 2.76. The Labute approximate surface area is 123 Å². The highest BCUT2D eigenvalue weighted by atomic mass is 32.2. The molecule has 0 aromatic carbocycles. The third-order valence-corrected chi connectivity index (χ3v) is 4.15. The summed E-state index contributed by atoms with van der Waals surface area (Å²) in [5.74, 6) is -0.400. The van der Waals surface area contributed by atoms with Crippen molar-refractivity contribution in [3.63, 3.8) is 0 Å². The molecule has 0 fully saturated rings. The highest BCUT2D eigenvalue weighted by Crippen LogP contribution is 2.25. The first kappa shape index (κ1) is 16.6. The van der Waals surface area contributed by atoms with Crippen LogP contribution in [0.25, 0.3) is 0 Å². The molecule has 20 heavy (non-hydrogen) atoms. The number of nitrogens with zero attached hydrogens (tertiary/aromatic N) is 2. The molecule has 3 amide bonds. The van der Waals surface area contributed by atoms with Crippen LogP contribution in [0, 0.1) is 13.8 Å². The standard InChI is InChI=1S/C13H22N4O2S/c1-5-6-7-17-9(3)8(2)15-13(17)20-10(4)11(18)16-12(14)19/h10H,5-7H2,1-4H3,(H3,14,16,18,19). The molecule has 0 aliphatic carbocycles. The average Bonchev–Trinajstić information content (AvgIpc) is 2.62. The first-order valence-electron chi connectivity index (χ1n) is 6.67. The van der Waals surface area contributed by atoms with Gasteiger partial charge >= 0.3 is 6.03 Å². The number of nitrogens with two attached hydrogens (primary N) is 1. The van der Waals surface area contributed by atoms with Gasteiger partial charge in [0.15, 0.2) is 5.16 Å². The van der Waals surface area contributed by atoms with Crippen molar-refractivity contribution >= 4 is 23.7 Å². The van der Waals surface area contributed by atoms with Gasteiger partial charge in [-0.05, 0) is 27.2 Å². The molecular formula is C13H22N4O2S. The summed E-state index contributed by atoms with van der Waals surface area (Å²) in [5, 5.41) is 2.47. The van der Waals surface area contributed by atoms with Gasteiger partial charge in [-0.15, -0.1) is 0 Å². The van der Waals surface area contributed by atoms with Crippen LogP contribution < -0.4 is 11.1 Å². The molecule has 1 aromatic heterocycles. The molecule has 0 spiro atoms. The lowest BCUT2D eigenvalue weighted by Crippen LogP contribution is -2.39. The number of aryl methyl sites for hydroxylation is 1. The lowest BCUT2D eigenvalue weighted by Gasteiger charge is -2.12. The minimum absolute atomic E-state index is 0.400. The number of primary amides is 1. The number of carbonyl (C=O) groups is 2. The van der Waals surface area contributed by atoms with E-state index < -0.39 is 17.2 Å². The highest BCUT2D eigenvalue weighted by molar-refractivity contribution is 8.00. The Morgan fingerprint density at radius 1 is 1.45 bits per heavy atom. The molecule has 1 atom stereocenters. The van der Waals surface area contributed by atoms with E-state index in [-0.39, 0.29) is 0 Å². The number of urea groups is 1. The van der Waals surface area contributed by atoms with Crippen molar-refractivity contribution in [2.45, 2.75) is 57.5 Å². The van der Waals surface area contributed by atoms with E-state index in [2.05, 4.69) is 21.8 Å². The molecule has 1 rings (SSSR count). The van der Waals surface area contributed by atoms with Crippen molar-refractivity contribution < 1.29 is 9.59 Å². The lowest BCUT2D eigenvalue weighted by atomic mass is 10.3. The molecule has 1 aromatic rings. The van der Waals surface area contributed by atoms with Crippen LogP contribution in [-0.4, -0.2) is 26.7 Å². The van der Waals surface area contributed by atoms with Gasteiger partial charge in [0.1, 0.15) is 0 Å². The summed E-state index contributed by atoms with van der Waals surface area (Å²) in [6.45, 7) is 8.73. The number of rotatable bonds is 6. The van der Waals surface area contributed by atoms with Gasteiger partial charge in [-0.3, -0.25) is 10.1 Å². The van der Waals surface area contributed by atoms with E-state index in [1.807, 2.05) is 13.8 Å². The van der Waals surface area contributed by atoms with E-state index in [0.717, 1.165) is 35.9 Å². The van der Waals surface area contributed by atoms with Crippen LogP contribution in [0.4, 0.5) is 4.79 Å². The van der Waals surface area contributed by atoms with Crippen LogP contribution in [0.3, 0.4) is 0 Å². The Bertz CT molecular complexity index is 499. The SMILES string of the molecule is CCCCn1c(SC(C)C(=O)NC(N)=O)nc(C)c1C. The third kappa shape index (κ3) is 4.26. The van der Waals surface area contributed by atoms with Crippen LogP contribution in [0.1, 0.15) is 38.1 Å². The van der Waals surface area contributed by atoms with Crippen molar-refractivity contribution in [2.75, 3.05) is 0 Å². The summed E-state index contributed by atoms with van der Waals surface area (Å²) in [6, 6.07) is -0.830. The zero-order chi connectivity index (χ0) is 15.3. The maximum Gasteiger partial charge on any atom is 0.318 e. The predicted molar refractivity (Wildman–Crippen MR) is 79.7 cm³/mol. The van der Waals surface area contributed by atoms with Gasteiger partial charge in [-0.25, -0.2) is 9.78 Å². The number of hydrogen-bond donors (Lipinski definition) is 2. The first-order chi connectivity index (χ1) is 9.36. The number of imidazole rings is 1. The molecule has 0 saturated heterocycles. The Morgan fingerprint density at radius 2 is 2.10 bits per heavy atom. The fourth-order valence-electron chi connectivity index (χ4n) is 1.73. The van der Waals surface area contributed by atoms with Crippen molar-refractivity contribution in [2.24, 2.45) is 5.73 Å². The second-order valence-electron chi connectivity index (χ2n) is 4.68. The van der Waals surface area contributed by atoms with Crippen LogP contribution >= 0.6 is 11.8 Å². The molecule has 3 N–H and O–H groups in total. The van der Waals surface area contributed by atoms with E-state index in [0.29, 0.717) is 0 Å². The molecule has 0 radical (unpaired) electrons. The molecule has 1 heterocycles. The average molecular weight is 298 g/mol. The summed E-state index contributed by atoms with van der Waals surface area (Å²) < 4.78 is 2.12. The van der Waals surface area contributed by atoms with Crippen molar-refractivity contribution in [3.8, 4) is 0 Å². The second-order valence-corrected chi connectivity index (χ2v) is 5.99. The van der Waals surface area contributed by atoms with Gasteiger partial charge in [-0.2, -0.15) is 0 Å². The summed E-state index contributed by atoms with van der Waals surface area (Å²) in [7, 11) is 0. The van der Waals surface area contributed by atoms with Crippen LogP contribution in [-0.2, 0) is 11.3 Å². The first-order valence-corrected chi connectivity index (χ1v) is 7.55. The molecular weight excluding hydrogens is 276 g/mol. The van der Waals surface area contributed by atoms with Crippen LogP contribution in [0.5, 0.6) is 0 Å². The van der Waals surface area contributed by atoms with E-state index in [1.54, 1.807) is 6.92 Å². The number of hydrogen-bond acceptors (Lipinski definition) is 4. The summed E-state index contributed by atoms with van der Waals surface area (Å²) >= 11 is 1.34. The van der Waals surface area contributed by atoms with E-state index in [4.69, 9.17) is 5.73 Å². The van der Waals surface area contributed by atoms with Crippen molar-refractivity contribution in [3.05, 3.63) is 11.4 Å². The molecule has 0 saturated carbocycles. The topological polar surface area (TPSA) is 90.0 Å². The monoisotopic (exact) mass is 298 g/mol. The molecule has 0 aliphatic rings. The smallest absolute Gasteiger partial charge is 0.318 e. The van der Waals surface area contributed by atoms with Crippen LogP contribution in [0.15, 0.2) is 5.16 Å². The number of nitrogens with one attached hydrogen (secondary N) is 1. The molecule has 0 bridgehead atoms. The number of amides is 3. The summed E-state index contributed by atoms with van der Waals surface area (Å²) in [6.07, 6.45) is 2.16. The Kier molecular flexibility index (Phi) is 6.06. The molecule has 0 aliphatic heterocycles. The van der Waals surface area contributed by atoms with E-state index >= 15 is 0 Å². The number of unbranched alkanes of at least 4 members (excludes halogenated alkanes) is 1. The van der Waals surface area contributed by atoms with Gasteiger partial charge in [0.05, 0.1) is 10.9 Å².